The highest BCUT2D eigenvalue weighted by Gasteiger charge is 2.50. The average Bonchev–Trinajstić information content (AvgIpc) is 2.98. The Hall–Kier alpha value is -2.97. The number of nitrogens with one attached hydrogen (secondary N) is 1. The molecule has 0 bridgehead atoms. The standard InChI is InChI=1S/C23H31FN4O4/c1-4-8-23(9-5-2)21(31)28(22(32)25-23)15-20(30)27-12-10-26(11-13-27)19-7-6-17(16(3)29)14-18(19)24/h6-7,14H,4-5,8-13,15H2,1-3H3,(H,25,32). The highest BCUT2D eigenvalue weighted by molar-refractivity contribution is 6.09. The van der Waals surface area contributed by atoms with E-state index >= 15 is 0 Å². The molecule has 2 heterocycles. The van der Waals surface area contributed by atoms with Gasteiger partial charge in [0.15, 0.2) is 5.78 Å². The lowest BCUT2D eigenvalue weighted by Crippen LogP contribution is -2.52. The molecule has 0 unspecified atom stereocenters. The zero-order valence-electron chi connectivity index (χ0n) is 18.9. The van der Waals surface area contributed by atoms with Gasteiger partial charge < -0.3 is 15.1 Å². The molecule has 0 saturated carbocycles. The SMILES string of the molecule is CCCC1(CCC)NC(=O)N(CC(=O)N2CCN(c3ccc(C(C)=O)cc3F)CC2)C1=O. The average molecular weight is 447 g/mol. The van der Waals surface area contributed by atoms with Crippen LogP contribution in [0.5, 0.6) is 0 Å². The molecule has 32 heavy (non-hydrogen) atoms. The summed E-state index contributed by atoms with van der Waals surface area (Å²) in [5.41, 5.74) is -0.209. The van der Waals surface area contributed by atoms with Crippen LogP contribution in [-0.4, -0.2) is 71.7 Å². The molecule has 174 valence electrons. The summed E-state index contributed by atoms with van der Waals surface area (Å²) in [6.45, 7) is 6.55. The van der Waals surface area contributed by atoms with Crippen LogP contribution in [0.4, 0.5) is 14.9 Å². The second-order valence-corrected chi connectivity index (χ2v) is 8.49. The first-order chi connectivity index (χ1) is 15.2. The van der Waals surface area contributed by atoms with Crippen molar-refractivity contribution in [1.82, 2.24) is 15.1 Å². The third-order valence-electron chi connectivity index (χ3n) is 6.22. The fourth-order valence-electron chi connectivity index (χ4n) is 4.55. The molecule has 1 aromatic rings. The number of hydrogen-bond donors (Lipinski definition) is 1. The van der Waals surface area contributed by atoms with E-state index in [0.717, 1.165) is 17.7 Å². The highest BCUT2D eigenvalue weighted by Crippen LogP contribution is 2.28. The van der Waals surface area contributed by atoms with Crippen molar-refractivity contribution in [3.63, 3.8) is 0 Å². The van der Waals surface area contributed by atoms with E-state index < -0.39 is 17.4 Å². The predicted octanol–water partition coefficient (Wildman–Crippen LogP) is 2.57. The third kappa shape index (κ3) is 4.61. The molecule has 2 aliphatic heterocycles. The van der Waals surface area contributed by atoms with Gasteiger partial charge in [0.25, 0.3) is 5.91 Å². The number of anilines is 1. The largest absolute Gasteiger partial charge is 0.366 e. The quantitative estimate of drug-likeness (QED) is 0.490. The first-order valence-corrected chi connectivity index (χ1v) is 11.2. The molecule has 9 heteroatoms. The summed E-state index contributed by atoms with van der Waals surface area (Å²) in [5, 5.41) is 2.82. The summed E-state index contributed by atoms with van der Waals surface area (Å²) in [4.78, 5) is 54.1. The van der Waals surface area contributed by atoms with E-state index in [1.165, 1.54) is 13.0 Å². The third-order valence-corrected chi connectivity index (χ3v) is 6.22. The van der Waals surface area contributed by atoms with Crippen LogP contribution in [0.25, 0.3) is 0 Å². The molecule has 0 spiro atoms. The van der Waals surface area contributed by atoms with E-state index in [2.05, 4.69) is 5.32 Å². The number of hydrogen-bond acceptors (Lipinski definition) is 5. The van der Waals surface area contributed by atoms with Gasteiger partial charge in [-0.1, -0.05) is 26.7 Å². The molecular weight excluding hydrogens is 415 g/mol. The Labute approximate surface area is 187 Å². The Morgan fingerprint density at radius 3 is 2.22 bits per heavy atom. The van der Waals surface area contributed by atoms with Gasteiger partial charge in [0.05, 0.1) is 5.69 Å². The molecular formula is C23H31FN4O4. The van der Waals surface area contributed by atoms with Crippen LogP contribution < -0.4 is 10.2 Å². The number of ketones is 1. The molecule has 1 aromatic carbocycles. The summed E-state index contributed by atoms with van der Waals surface area (Å²) in [6, 6.07) is 3.88. The number of halogens is 1. The molecule has 0 aromatic heterocycles. The lowest BCUT2D eigenvalue weighted by Gasteiger charge is -2.36. The number of Topliss-reactive ketones (excluding diaryl/α,β-unsaturated/α-hetero) is 1. The topological polar surface area (TPSA) is 90.0 Å². The van der Waals surface area contributed by atoms with Gasteiger partial charge >= 0.3 is 6.03 Å². The van der Waals surface area contributed by atoms with E-state index in [1.807, 2.05) is 18.7 Å². The van der Waals surface area contributed by atoms with E-state index in [9.17, 15) is 23.6 Å². The number of piperazine rings is 1. The second kappa shape index (κ2) is 9.67. The molecule has 2 saturated heterocycles. The Kier molecular flexibility index (Phi) is 7.16. The minimum atomic E-state index is -0.914. The van der Waals surface area contributed by atoms with Crippen molar-refractivity contribution in [3.05, 3.63) is 29.6 Å². The lowest BCUT2D eigenvalue weighted by atomic mass is 9.88. The van der Waals surface area contributed by atoms with Crippen LogP contribution in [0.1, 0.15) is 56.8 Å². The Bertz CT molecular complexity index is 905. The summed E-state index contributed by atoms with van der Waals surface area (Å²) in [6.07, 6.45) is 2.59. The number of urea groups is 1. The Morgan fingerprint density at radius 1 is 1.06 bits per heavy atom. The number of benzene rings is 1. The van der Waals surface area contributed by atoms with E-state index in [1.54, 1.807) is 17.0 Å². The fourth-order valence-corrected chi connectivity index (χ4v) is 4.55. The molecule has 8 nitrogen and oxygen atoms in total. The molecule has 2 aliphatic rings. The first-order valence-electron chi connectivity index (χ1n) is 11.2. The molecule has 0 radical (unpaired) electrons. The van der Waals surface area contributed by atoms with Crippen molar-refractivity contribution >= 4 is 29.3 Å². The van der Waals surface area contributed by atoms with Gasteiger partial charge in [0.1, 0.15) is 17.9 Å². The summed E-state index contributed by atoms with van der Waals surface area (Å²) in [5.74, 6) is -1.30. The molecule has 1 N–H and O–H groups in total. The number of amides is 4. The molecule has 0 aliphatic carbocycles. The van der Waals surface area contributed by atoms with E-state index in [-0.39, 0.29) is 24.1 Å². The smallest absolute Gasteiger partial charge is 0.325 e. The van der Waals surface area contributed by atoms with Crippen LogP contribution in [0, 0.1) is 5.82 Å². The highest BCUT2D eigenvalue weighted by atomic mass is 19.1. The maximum absolute atomic E-state index is 14.4. The Balaban J connectivity index is 1.61. The second-order valence-electron chi connectivity index (χ2n) is 8.49. The van der Waals surface area contributed by atoms with Gasteiger partial charge in [-0.2, -0.15) is 0 Å². The van der Waals surface area contributed by atoms with Gasteiger partial charge in [-0.25, -0.2) is 9.18 Å². The van der Waals surface area contributed by atoms with Crippen molar-refractivity contribution in [3.8, 4) is 0 Å². The molecule has 3 rings (SSSR count). The maximum Gasteiger partial charge on any atom is 0.325 e. The summed E-state index contributed by atoms with van der Waals surface area (Å²) >= 11 is 0. The lowest BCUT2D eigenvalue weighted by molar-refractivity contribution is -0.139. The zero-order chi connectivity index (χ0) is 23.5. The summed E-state index contributed by atoms with van der Waals surface area (Å²) < 4.78 is 14.4. The summed E-state index contributed by atoms with van der Waals surface area (Å²) in [7, 11) is 0. The van der Waals surface area contributed by atoms with Gasteiger partial charge in [0.2, 0.25) is 5.91 Å². The number of carbonyl (C=O) groups is 4. The number of nitrogens with zero attached hydrogens (tertiary/aromatic N) is 3. The normalized spacial score (nSPS) is 18.2. The van der Waals surface area contributed by atoms with Gasteiger partial charge in [0, 0.05) is 31.7 Å². The monoisotopic (exact) mass is 446 g/mol. The van der Waals surface area contributed by atoms with Gasteiger partial charge in [-0.3, -0.25) is 19.3 Å². The van der Waals surface area contributed by atoms with Crippen molar-refractivity contribution in [2.45, 2.75) is 52.0 Å². The minimum Gasteiger partial charge on any atom is -0.366 e. The van der Waals surface area contributed by atoms with Crippen molar-refractivity contribution in [1.29, 1.82) is 0 Å². The number of rotatable bonds is 8. The number of imide groups is 1. The molecule has 2 fully saturated rings. The van der Waals surface area contributed by atoms with Crippen LogP contribution in [-0.2, 0) is 9.59 Å². The van der Waals surface area contributed by atoms with Crippen molar-refractivity contribution in [2.24, 2.45) is 0 Å². The van der Waals surface area contributed by atoms with Crippen molar-refractivity contribution < 1.29 is 23.6 Å². The van der Waals surface area contributed by atoms with Crippen LogP contribution >= 0.6 is 0 Å². The van der Waals surface area contributed by atoms with E-state index in [0.29, 0.717) is 50.3 Å². The minimum absolute atomic E-state index is 0.201. The zero-order valence-corrected chi connectivity index (χ0v) is 18.9. The maximum atomic E-state index is 14.4. The molecule has 4 amide bonds. The van der Waals surface area contributed by atoms with Gasteiger partial charge in [-0.05, 0) is 38.0 Å². The van der Waals surface area contributed by atoms with Crippen LogP contribution in [0.3, 0.4) is 0 Å². The number of carbonyl (C=O) groups excluding carboxylic acids is 4. The van der Waals surface area contributed by atoms with E-state index in [4.69, 9.17) is 0 Å². The predicted molar refractivity (Wildman–Crippen MR) is 118 cm³/mol. The first kappa shape index (κ1) is 23.7. The van der Waals surface area contributed by atoms with Crippen molar-refractivity contribution in [2.75, 3.05) is 37.6 Å². The fraction of sp³-hybridized carbons (Fsp3) is 0.565. The Morgan fingerprint density at radius 2 is 1.69 bits per heavy atom. The van der Waals surface area contributed by atoms with Crippen LogP contribution in [0.2, 0.25) is 0 Å². The van der Waals surface area contributed by atoms with Gasteiger partial charge in [-0.15, -0.1) is 0 Å². The van der Waals surface area contributed by atoms with Crippen LogP contribution in [0.15, 0.2) is 18.2 Å². The molecule has 0 atom stereocenters.